The second-order valence-corrected chi connectivity index (χ2v) is 13.9. The molecule has 0 bridgehead atoms. The fourth-order valence-corrected chi connectivity index (χ4v) is 7.81. The SMILES string of the molecule is CCN(CC)S(=O)(=O)c1ccc(C(=O)NCc2nnc(SCC(=O)N3N=C(c4cccs4)C[C@H]3c3ccc(F)cc3)n2C)cc1. The minimum Gasteiger partial charge on any atom is -0.345 e. The third kappa shape index (κ3) is 7.16. The van der Waals surface area contributed by atoms with Crippen molar-refractivity contribution in [2.45, 2.75) is 42.9 Å². The zero-order valence-corrected chi connectivity index (χ0v) is 27.3. The minimum atomic E-state index is -3.62. The summed E-state index contributed by atoms with van der Waals surface area (Å²) in [6.07, 6.45) is 0.519. The minimum absolute atomic E-state index is 0.0417. The van der Waals surface area contributed by atoms with E-state index in [9.17, 15) is 22.4 Å². The topological polar surface area (TPSA) is 130 Å². The zero-order valence-electron chi connectivity index (χ0n) is 24.9. The van der Waals surface area contributed by atoms with Crippen LogP contribution < -0.4 is 5.32 Å². The first kappa shape index (κ1) is 32.5. The maximum atomic E-state index is 13.6. The first-order valence-corrected chi connectivity index (χ1v) is 17.5. The molecule has 1 aliphatic heterocycles. The van der Waals surface area contributed by atoms with Crippen molar-refractivity contribution in [1.29, 1.82) is 0 Å². The van der Waals surface area contributed by atoms with Gasteiger partial charge in [-0.1, -0.05) is 43.8 Å². The lowest BCUT2D eigenvalue weighted by atomic mass is 10.0. The normalized spacial score (nSPS) is 15.0. The molecule has 0 saturated carbocycles. The van der Waals surface area contributed by atoms with Gasteiger partial charge in [0, 0.05) is 32.1 Å². The highest BCUT2D eigenvalue weighted by molar-refractivity contribution is 7.99. The van der Waals surface area contributed by atoms with Gasteiger partial charge in [-0.3, -0.25) is 9.59 Å². The Morgan fingerprint density at radius 3 is 2.42 bits per heavy atom. The van der Waals surface area contributed by atoms with Gasteiger partial charge < -0.3 is 9.88 Å². The molecule has 2 amide bonds. The first-order valence-electron chi connectivity index (χ1n) is 14.2. The molecule has 1 N–H and O–H groups in total. The number of hydrogen-bond acceptors (Lipinski definition) is 9. The lowest BCUT2D eigenvalue weighted by Crippen LogP contribution is -2.30. The largest absolute Gasteiger partial charge is 0.345 e. The summed E-state index contributed by atoms with van der Waals surface area (Å²) in [6.45, 7) is 4.32. The summed E-state index contributed by atoms with van der Waals surface area (Å²) in [6, 6.07) is 15.4. The van der Waals surface area contributed by atoms with Gasteiger partial charge >= 0.3 is 0 Å². The third-order valence-electron chi connectivity index (χ3n) is 7.34. The first-order chi connectivity index (χ1) is 21.6. The molecule has 2 aromatic carbocycles. The Hall–Kier alpha value is -3.92. The van der Waals surface area contributed by atoms with Gasteiger partial charge in [-0.2, -0.15) is 9.41 Å². The Morgan fingerprint density at radius 2 is 1.78 bits per heavy atom. The van der Waals surface area contributed by atoms with Crippen molar-refractivity contribution >= 4 is 50.6 Å². The summed E-state index contributed by atoms with van der Waals surface area (Å²) in [5.41, 5.74) is 1.90. The highest BCUT2D eigenvalue weighted by Crippen LogP contribution is 2.34. The van der Waals surface area contributed by atoms with E-state index in [4.69, 9.17) is 0 Å². The van der Waals surface area contributed by atoms with Gasteiger partial charge in [-0.25, -0.2) is 17.8 Å². The van der Waals surface area contributed by atoms with Gasteiger partial charge in [0.25, 0.3) is 11.8 Å². The van der Waals surface area contributed by atoms with Gasteiger partial charge in [-0.15, -0.1) is 21.5 Å². The molecule has 4 aromatic rings. The fraction of sp³-hybridized carbons (Fsp3) is 0.300. The van der Waals surface area contributed by atoms with Gasteiger partial charge in [0.05, 0.1) is 33.8 Å². The Kier molecular flexibility index (Phi) is 10.1. The van der Waals surface area contributed by atoms with E-state index in [1.165, 1.54) is 57.5 Å². The summed E-state index contributed by atoms with van der Waals surface area (Å²) in [5.74, 6) is -0.458. The smallest absolute Gasteiger partial charge is 0.253 e. The maximum Gasteiger partial charge on any atom is 0.253 e. The van der Waals surface area contributed by atoms with Crippen LogP contribution >= 0.6 is 23.1 Å². The van der Waals surface area contributed by atoms with E-state index in [0.717, 1.165) is 16.2 Å². The fourth-order valence-electron chi connectivity index (χ4n) is 4.85. The summed E-state index contributed by atoms with van der Waals surface area (Å²) in [5, 5.41) is 19.7. The zero-order chi connectivity index (χ0) is 32.1. The molecule has 45 heavy (non-hydrogen) atoms. The third-order valence-corrected chi connectivity index (χ3v) is 11.3. The average Bonchev–Trinajstić information content (AvgIpc) is 3.80. The number of carbonyl (C=O) groups is 2. The van der Waals surface area contributed by atoms with Crippen LogP contribution in [0.25, 0.3) is 0 Å². The Bertz CT molecular complexity index is 1790. The summed E-state index contributed by atoms with van der Waals surface area (Å²) in [7, 11) is -1.88. The van der Waals surface area contributed by atoms with E-state index in [1.807, 2.05) is 17.5 Å². The van der Waals surface area contributed by atoms with Crippen molar-refractivity contribution in [3.05, 3.63) is 93.7 Å². The Labute approximate surface area is 269 Å². The van der Waals surface area contributed by atoms with E-state index in [0.29, 0.717) is 36.1 Å². The van der Waals surface area contributed by atoms with Crippen LogP contribution in [0, 0.1) is 5.82 Å². The lowest BCUT2D eigenvalue weighted by Gasteiger charge is -2.21. The number of amides is 2. The molecule has 1 aliphatic rings. The van der Waals surface area contributed by atoms with Crippen LogP contribution in [-0.2, 0) is 28.4 Å². The predicted molar refractivity (Wildman–Crippen MR) is 171 cm³/mol. The second kappa shape index (κ2) is 14.0. The average molecular weight is 670 g/mol. The molecule has 3 heterocycles. The number of hydrazone groups is 1. The number of thioether (sulfide) groups is 1. The second-order valence-electron chi connectivity index (χ2n) is 10.1. The van der Waals surface area contributed by atoms with Crippen molar-refractivity contribution in [2.24, 2.45) is 12.1 Å². The molecule has 15 heteroatoms. The van der Waals surface area contributed by atoms with Crippen molar-refractivity contribution in [3.63, 3.8) is 0 Å². The standard InChI is InChI=1S/C30H32FN7O4S3/c1-4-37(5-2)45(41,42)23-14-10-21(11-15-23)29(40)32-18-27-33-34-30(36(27)3)44-19-28(39)38-25(20-8-12-22(31)13-9-20)17-24(35-38)26-7-6-16-43-26/h6-16,25H,4-5,17-19H2,1-3H3,(H,32,40)/t25-/m0/s1. The summed E-state index contributed by atoms with van der Waals surface area (Å²) >= 11 is 2.75. The number of halogens is 1. The molecule has 0 radical (unpaired) electrons. The predicted octanol–water partition coefficient (Wildman–Crippen LogP) is 4.45. The summed E-state index contributed by atoms with van der Waals surface area (Å²) < 4.78 is 42.1. The Morgan fingerprint density at radius 1 is 1.07 bits per heavy atom. The molecule has 11 nitrogen and oxygen atoms in total. The highest BCUT2D eigenvalue weighted by Gasteiger charge is 2.33. The number of benzene rings is 2. The van der Waals surface area contributed by atoms with Crippen molar-refractivity contribution in [2.75, 3.05) is 18.8 Å². The Balaban J connectivity index is 1.20. The van der Waals surface area contributed by atoms with E-state index in [2.05, 4.69) is 20.6 Å². The molecule has 0 aliphatic carbocycles. The lowest BCUT2D eigenvalue weighted by molar-refractivity contribution is -0.130. The van der Waals surface area contributed by atoms with Gasteiger partial charge in [0.2, 0.25) is 10.0 Å². The van der Waals surface area contributed by atoms with Crippen molar-refractivity contribution in [1.82, 2.24) is 29.4 Å². The number of carbonyl (C=O) groups excluding carboxylic acids is 2. The quantitative estimate of drug-likeness (QED) is 0.221. The van der Waals surface area contributed by atoms with Crippen molar-refractivity contribution < 1.29 is 22.4 Å². The molecule has 2 aromatic heterocycles. The van der Waals surface area contributed by atoms with Crippen LogP contribution in [0.15, 0.2) is 81.2 Å². The number of thiophene rings is 1. The van der Waals surface area contributed by atoms with Crippen LogP contribution in [0.3, 0.4) is 0 Å². The van der Waals surface area contributed by atoms with E-state index in [1.54, 1.807) is 48.9 Å². The molecular formula is C30H32FN7O4S3. The molecule has 0 saturated heterocycles. The molecule has 0 fully saturated rings. The van der Waals surface area contributed by atoms with E-state index < -0.39 is 15.9 Å². The number of sulfonamides is 1. The number of aromatic nitrogens is 3. The molecule has 0 spiro atoms. The van der Waals surface area contributed by atoms with Crippen LogP contribution in [0.5, 0.6) is 0 Å². The maximum absolute atomic E-state index is 13.6. The van der Waals surface area contributed by atoms with Crippen LogP contribution in [0.1, 0.15) is 52.9 Å². The number of rotatable bonds is 12. The van der Waals surface area contributed by atoms with Gasteiger partial charge in [0.1, 0.15) is 5.82 Å². The van der Waals surface area contributed by atoms with Crippen LogP contribution in [0.4, 0.5) is 4.39 Å². The molecule has 5 rings (SSSR count). The number of hydrogen-bond donors (Lipinski definition) is 1. The monoisotopic (exact) mass is 669 g/mol. The number of nitrogens with zero attached hydrogens (tertiary/aromatic N) is 6. The van der Waals surface area contributed by atoms with E-state index >= 15 is 0 Å². The highest BCUT2D eigenvalue weighted by atomic mass is 32.2. The van der Waals surface area contributed by atoms with E-state index in [-0.39, 0.29) is 35.0 Å². The van der Waals surface area contributed by atoms with Gasteiger partial charge in [-0.05, 0) is 53.4 Å². The van der Waals surface area contributed by atoms with Gasteiger partial charge in [0.15, 0.2) is 11.0 Å². The van der Waals surface area contributed by atoms with Crippen LogP contribution in [-0.4, -0.2) is 68.9 Å². The van der Waals surface area contributed by atoms with Crippen molar-refractivity contribution in [3.8, 4) is 0 Å². The number of nitrogens with one attached hydrogen (secondary N) is 1. The van der Waals surface area contributed by atoms with Crippen LogP contribution in [0.2, 0.25) is 0 Å². The molecule has 236 valence electrons. The molecule has 1 atom stereocenters. The molecule has 0 unspecified atom stereocenters. The molecular weight excluding hydrogens is 638 g/mol. The summed E-state index contributed by atoms with van der Waals surface area (Å²) in [4.78, 5) is 27.3.